The van der Waals surface area contributed by atoms with E-state index in [1.807, 2.05) is 0 Å². The fourth-order valence-electron chi connectivity index (χ4n) is 3.58. The Hall–Kier alpha value is -2.63. The van der Waals surface area contributed by atoms with Crippen molar-refractivity contribution in [3.63, 3.8) is 0 Å². The number of methoxy groups -OCH3 is 1. The minimum Gasteiger partial charge on any atom is -0.465 e. The van der Waals surface area contributed by atoms with E-state index in [1.165, 1.54) is 25.3 Å². The highest BCUT2D eigenvalue weighted by Crippen LogP contribution is 2.42. The zero-order valence-electron chi connectivity index (χ0n) is 14.8. The predicted octanol–water partition coefficient (Wildman–Crippen LogP) is 4.07. The summed E-state index contributed by atoms with van der Waals surface area (Å²) >= 11 is 0. The second-order valence-electron chi connectivity index (χ2n) is 6.55. The van der Waals surface area contributed by atoms with Crippen molar-refractivity contribution < 1.29 is 27.9 Å². The van der Waals surface area contributed by atoms with Crippen LogP contribution >= 0.6 is 0 Å². The van der Waals surface area contributed by atoms with Crippen LogP contribution in [0.3, 0.4) is 0 Å². The molecule has 1 aliphatic carbocycles. The molecule has 0 aliphatic heterocycles. The van der Waals surface area contributed by atoms with Crippen LogP contribution in [0, 0.1) is 12.7 Å². The number of rotatable bonds is 5. The van der Waals surface area contributed by atoms with Crippen molar-refractivity contribution in [2.24, 2.45) is 0 Å². The minimum absolute atomic E-state index is 0.0896. The standard InChI is InChI=1S/C20H21FO5/c1-13-17(18(22)24-2)11-16(26-13)12-25-19(23)20(8-3-4-9-20)14-6-5-7-15(21)10-14/h5-7,10-11H,3-4,8-9,12H2,1-2H3. The molecule has 26 heavy (non-hydrogen) atoms. The van der Waals surface area contributed by atoms with Crippen LogP contribution in [0.15, 0.2) is 34.7 Å². The van der Waals surface area contributed by atoms with Crippen molar-refractivity contribution in [1.82, 2.24) is 0 Å². The molecule has 2 aromatic rings. The van der Waals surface area contributed by atoms with E-state index in [9.17, 15) is 14.0 Å². The van der Waals surface area contributed by atoms with Crippen LogP contribution in [0.25, 0.3) is 0 Å². The van der Waals surface area contributed by atoms with Gasteiger partial charge < -0.3 is 13.9 Å². The van der Waals surface area contributed by atoms with Crippen LogP contribution in [0.5, 0.6) is 0 Å². The highest BCUT2D eigenvalue weighted by atomic mass is 19.1. The molecule has 0 atom stereocenters. The summed E-state index contributed by atoms with van der Waals surface area (Å²) < 4.78 is 29.3. The second-order valence-corrected chi connectivity index (χ2v) is 6.55. The fourth-order valence-corrected chi connectivity index (χ4v) is 3.58. The van der Waals surface area contributed by atoms with E-state index >= 15 is 0 Å². The van der Waals surface area contributed by atoms with Gasteiger partial charge in [-0.1, -0.05) is 25.0 Å². The summed E-state index contributed by atoms with van der Waals surface area (Å²) in [6.45, 7) is 1.55. The van der Waals surface area contributed by atoms with Gasteiger partial charge in [0.05, 0.1) is 12.5 Å². The molecule has 0 spiro atoms. The number of hydrogen-bond donors (Lipinski definition) is 0. The maximum atomic E-state index is 13.7. The summed E-state index contributed by atoms with van der Waals surface area (Å²) in [5, 5.41) is 0. The SMILES string of the molecule is COC(=O)c1cc(COC(=O)C2(c3cccc(F)c3)CCCC2)oc1C. The summed E-state index contributed by atoms with van der Waals surface area (Å²) in [5.74, 6) is -0.497. The van der Waals surface area contributed by atoms with Gasteiger partial charge in [0, 0.05) is 0 Å². The van der Waals surface area contributed by atoms with Crippen molar-refractivity contribution in [2.45, 2.75) is 44.6 Å². The van der Waals surface area contributed by atoms with Crippen molar-refractivity contribution in [3.8, 4) is 0 Å². The van der Waals surface area contributed by atoms with Crippen LogP contribution in [0.2, 0.25) is 0 Å². The monoisotopic (exact) mass is 360 g/mol. The first kappa shape index (κ1) is 18.2. The molecule has 1 aromatic carbocycles. The molecule has 0 saturated heterocycles. The van der Waals surface area contributed by atoms with Gasteiger partial charge in [0.1, 0.15) is 29.5 Å². The highest BCUT2D eigenvalue weighted by Gasteiger charge is 2.44. The molecule has 0 unspecified atom stereocenters. The van der Waals surface area contributed by atoms with Gasteiger partial charge in [-0.25, -0.2) is 9.18 Å². The van der Waals surface area contributed by atoms with E-state index in [4.69, 9.17) is 9.15 Å². The lowest BCUT2D eigenvalue weighted by Crippen LogP contribution is -2.34. The van der Waals surface area contributed by atoms with E-state index in [1.54, 1.807) is 19.1 Å². The Morgan fingerprint density at radius 3 is 2.62 bits per heavy atom. The molecular weight excluding hydrogens is 339 g/mol. The Morgan fingerprint density at radius 2 is 1.96 bits per heavy atom. The van der Waals surface area contributed by atoms with Crippen molar-refractivity contribution in [2.75, 3.05) is 7.11 Å². The average molecular weight is 360 g/mol. The summed E-state index contributed by atoms with van der Waals surface area (Å²) in [6, 6.07) is 7.65. The molecule has 0 N–H and O–H groups in total. The van der Waals surface area contributed by atoms with Gasteiger partial charge in [0.2, 0.25) is 0 Å². The van der Waals surface area contributed by atoms with Crippen molar-refractivity contribution >= 4 is 11.9 Å². The normalized spacial score (nSPS) is 15.7. The van der Waals surface area contributed by atoms with Crippen LogP contribution < -0.4 is 0 Å². The van der Waals surface area contributed by atoms with Crippen LogP contribution in [-0.4, -0.2) is 19.0 Å². The molecule has 1 heterocycles. The zero-order chi connectivity index (χ0) is 18.7. The number of furan rings is 1. The van der Waals surface area contributed by atoms with Gasteiger partial charge in [0.15, 0.2) is 0 Å². The van der Waals surface area contributed by atoms with Gasteiger partial charge in [-0.05, 0) is 43.5 Å². The van der Waals surface area contributed by atoms with E-state index < -0.39 is 17.4 Å². The van der Waals surface area contributed by atoms with E-state index in [0.717, 1.165) is 12.8 Å². The van der Waals surface area contributed by atoms with Gasteiger partial charge in [-0.15, -0.1) is 0 Å². The Balaban J connectivity index is 1.77. The third kappa shape index (κ3) is 3.36. The molecule has 138 valence electrons. The first-order chi connectivity index (χ1) is 12.5. The van der Waals surface area contributed by atoms with Gasteiger partial charge in [-0.3, -0.25) is 4.79 Å². The van der Waals surface area contributed by atoms with Crippen molar-refractivity contribution in [1.29, 1.82) is 0 Å². The quantitative estimate of drug-likeness (QED) is 0.752. The number of carbonyl (C=O) groups excluding carboxylic acids is 2. The molecule has 1 aromatic heterocycles. The third-order valence-corrected chi connectivity index (χ3v) is 4.94. The lowest BCUT2D eigenvalue weighted by Gasteiger charge is -2.27. The van der Waals surface area contributed by atoms with Crippen molar-refractivity contribution in [3.05, 3.63) is 58.8 Å². The molecule has 1 fully saturated rings. The maximum absolute atomic E-state index is 13.7. The molecule has 0 amide bonds. The number of esters is 2. The highest BCUT2D eigenvalue weighted by molar-refractivity contribution is 5.90. The lowest BCUT2D eigenvalue weighted by atomic mass is 9.79. The fraction of sp³-hybridized carbons (Fsp3) is 0.400. The summed E-state index contributed by atoms with van der Waals surface area (Å²) in [7, 11) is 1.29. The molecule has 0 bridgehead atoms. The van der Waals surface area contributed by atoms with E-state index in [2.05, 4.69) is 4.74 Å². The number of hydrogen-bond acceptors (Lipinski definition) is 5. The molecular formula is C20H21FO5. The van der Waals surface area contributed by atoms with Gasteiger partial charge >= 0.3 is 11.9 Å². The Kier molecular flexibility index (Phi) is 5.11. The molecule has 1 aliphatic rings. The first-order valence-electron chi connectivity index (χ1n) is 8.57. The third-order valence-electron chi connectivity index (χ3n) is 4.94. The zero-order valence-corrected chi connectivity index (χ0v) is 14.8. The molecule has 3 rings (SSSR count). The van der Waals surface area contributed by atoms with E-state index in [0.29, 0.717) is 35.5 Å². The number of aryl methyl sites for hydroxylation is 1. The minimum atomic E-state index is -0.824. The smallest absolute Gasteiger partial charge is 0.341 e. The maximum Gasteiger partial charge on any atom is 0.341 e. The largest absolute Gasteiger partial charge is 0.465 e. The number of ether oxygens (including phenoxy) is 2. The Labute approximate surface area is 151 Å². The number of carbonyl (C=O) groups is 2. The van der Waals surface area contributed by atoms with Gasteiger partial charge in [0.25, 0.3) is 0 Å². The molecule has 0 radical (unpaired) electrons. The lowest BCUT2D eigenvalue weighted by molar-refractivity contribution is -0.152. The molecule has 5 nitrogen and oxygen atoms in total. The Bertz CT molecular complexity index is 817. The first-order valence-corrected chi connectivity index (χ1v) is 8.57. The molecule has 6 heteroatoms. The predicted molar refractivity (Wildman–Crippen MR) is 91.1 cm³/mol. The second kappa shape index (κ2) is 7.32. The topological polar surface area (TPSA) is 65.7 Å². The van der Waals surface area contributed by atoms with Crippen LogP contribution in [-0.2, 0) is 26.3 Å². The van der Waals surface area contributed by atoms with E-state index in [-0.39, 0.29) is 12.4 Å². The van der Waals surface area contributed by atoms with Gasteiger partial charge in [-0.2, -0.15) is 0 Å². The average Bonchev–Trinajstić information content (AvgIpc) is 3.27. The molecule has 1 saturated carbocycles. The summed E-state index contributed by atoms with van der Waals surface area (Å²) in [6.07, 6.45) is 3.02. The summed E-state index contributed by atoms with van der Waals surface area (Å²) in [5.41, 5.74) is 0.125. The number of halogens is 1. The van der Waals surface area contributed by atoms with Crippen LogP contribution in [0.4, 0.5) is 4.39 Å². The van der Waals surface area contributed by atoms with Crippen LogP contribution in [0.1, 0.15) is 53.1 Å². The Morgan fingerprint density at radius 1 is 1.23 bits per heavy atom. The number of benzene rings is 1. The summed E-state index contributed by atoms with van der Waals surface area (Å²) in [4.78, 5) is 24.5.